The van der Waals surface area contributed by atoms with E-state index in [1.54, 1.807) is 11.8 Å². The van der Waals surface area contributed by atoms with Crippen molar-refractivity contribution in [1.29, 1.82) is 0 Å². The molecule has 1 aliphatic heterocycles. The third kappa shape index (κ3) is 2.71. The Balaban J connectivity index is 2.70. The summed E-state index contributed by atoms with van der Waals surface area (Å²) < 4.78 is 0. The molecule has 0 bridgehead atoms. The van der Waals surface area contributed by atoms with E-state index in [0.29, 0.717) is 11.5 Å². The molecule has 1 amide bonds. The van der Waals surface area contributed by atoms with E-state index in [1.165, 1.54) is 0 Å². The fourth-order valence-corrected chi connectivity index (χ4v) is 3.61. The zero-order chi connectivity index (χ0) is 15.9. The minimum atomic E-state index is -0.304. The molecule has 1 aromatic carbocycles. The second-order valence-electron chi connectivity index (χ2n) is 6.56. The van der Waals surface area contributed by atoms with Crippen LogP contribution < -0.4 is 4.90 Å². The van der Waals surface area contributed by atoms with Crippen LogP contribution in [0.2, 0.25) is 0 Å². The van der Waals surface area contributed by atoms with Gasteiger partial charge in [-0.15, -0.1) is 11.6 Å². The summed E-state index contributed by atoms with van der Waals surface area (Å²) in [4.78, 5) is 25.9. The van der Waals surface area contributed by atoms with Gasteiger partial charge in [-0.2, -0.15) is 0 Å². The van der Waals surface area contributed by atoms with Crippen LogP contribution in [0.1, 0.15) is 61.5 Å². The number of aryl methyl sites for hydroxylation is 1. The van der Waals surface area contributed by atoms with E-state index in [4.69, 9.17) is 11.6 Å². The Hall–Kier alpha value is -1.35. The number of benzene rings is 1. The number of amides is 1. The molecule has 2 rings (SSSR count). The molecule has 114 valence electrons. The number of Topliss-reactive ketones (excluding diaryl/α,β-unsaturated/α-hetero) is 1. The van der Waals surface area contributed by atoms with Gasteiger partial charge in [0.25, 0.3) is 0 Å². The maximum atomic E-state index is 12.3. The minimum absolute atomic E-state index is 0.0182. The van der Waals surface area contributed by atoms with Crippen molar-refractivity contribution < 1.29 is 9.59 Å². The van der Waals surface area contributed by atoms with E-state index in [9.17, 15) is 9.59 Å². The normalized spacial score (nSPS) is 20.1. The van der Waals surface area contributed by atoms with Gasteiger partial charge >= 0.3 is 0 Å². The molecule has 0 saturated heterocycles. The van der Waals surface area contributed by atoms with E-state index >= 15 is 0 Å². The van der Waals surface area contributed by atoms with Gasteiger partial charge in [0.15, 0.2) is 5.78 Å². The molecule has 0 saturated carbocycles. The van der Waals surface area contributed by atoms with Crippen molar-refractivity contribution in [2.75, 3.05) is 10.8 Å². The summed E-state index contributed by atoms with van der Waals surface area (Å²) in [5.74, 6) is 0.187. The molecule has 3 nitrogen and oxygen atoms in total. The minimum Gasteiger partial charge on any atom is -0.306 e. The number of carbonyl (C=O) groups excluding carboxylic acids is 2. The molecule has 4 heteroatoms. The number of hydrogen-bond donors (Lipinski definition) is 0. The Kier molecular flexibility index (Phi) is 4.16. The third-order valence-corrected chi connectivity index (χ3v) is 4.53. The number of halogens is 1. The Morgan fingerprint density at radius 2 is 2.00 bits per heavy atom. The number of fused-ring (bicyclic) bond motifs is 1. The zero-order valence-electron chi connectivity index (χ0n) is 13.3. The van der Waals surface area contributed by atoms with Crippen molar-refractivity contribution in [3.63, 3.8) is 0 Å². The van der Waals surface area contributed by atoms with Gasteiger partial charge in [0.2, 0.25) is 5.91 Å². The predicted octanol–water partition coefficient (Wildman–Crippen LogP) is 4.06. The molecular weight excluding hydrogens is 286 g/mol. The molecule has 1 aliphatic rings. The standard InChI is InChI=1S/C17H22ClNO2/c1-10-6-14-11(2)8-17(4,5)19(16(21)9-18)15(14)7-13(10)12(3)20/h6-7,11H,8-9H2,1-5H3. The van der Waals surface area contributed by atoms with Gasteiger partial charge in [0.1, 0.15) is 5.88 Å². The van der Waals surface area contributed by atoms with Crippen LogP contribution in [0.15, 0.2) is 12.1 Å². The average Bonchev–Trinajstić information content (AvgIpc) is 2.37. The van der Waals surface area contributed by atoms with E-state index < -0.39 is 0 Å². The lowest BCUT2D eigenvalue weighted by Gasteiger charge is -2.46. The van der Waals surface area contributed by atoms with Crippen LogP contribution in [0, 0.1) is 6.92 Å². The highest BCUT2D eigenvalue weighted by Crippen LogP contribution is 2.44. The highest BCUT2D eigenvalue weighted by molar-refractivity contribution is 6.29. The molecule has 0 aromatic heterocycles. The number of anilines is 1. The lowest BCUT2D eigenvalue weighted by molar-refractivity contribution is -0.117. The van der Waals surface area contributed by atoms with Crippen molar-refractivity contribution in [2.24, 2.45) is 0 Å². The summed E-state index contributed by atoms with van der Waals surface area (Å²) in [5, 5.41) is 0. The van der Waals surface area contributed by atoms with Gasteiger partial charge in [0, 0.05) is 16.8 Å². The van der Waals surface area contributed by atoms with Crippen molar-refractivity contribution in [3.05, 3.63) is 28.8 Å². The number of ketones is 1. The van der Waals surface area contributed by atoms with Gasteiger partial charge in [-0.3, -0.25) is 9.59 Å². The number of carbonyl (C=O) groups is 2. The number of alkyl halides is 1. The maximum Gasteiger partial charge on any atom is 0.242 e. The molecular formula is C17H22ClNO2. The lowest BCUT2D eigenvalue weighted by atomic mass is 9.78. The Labute approximate surface area is 131 Å². The van der Waals surface area contributed by atoms with Crippen LogP contribution in [-0.2, 0) is 4.79 Å². The smallest absolute Gasteiger partial charge is 0.242 e. The molecule has 1 heterocycles. The first kappa shape index (κ1) is 16.0. The van der Waals surface area contributed by atoms with Gasteiger partial charge in [0.05, 0.1) is 0 Å². The first-order valence-corrected chi connectivity index (χ1v) is 7.77. The summed E-state index contributed by atoms with van der Waals surface area (Å²) in [6.07, 6.45) is 0.876. The molecule has 1 aromatic rings. The molecule has 0 fully saturated rings. The summed E-state index contributed by atoms with van der Waals surface area (Å²) in [5.41, 5.74) is 3.29. The second kappa shape index (κ2) is 5.45. The predicted molar refractivity (Wildman–Crippen MR) is 86.5 cm³/mol. The van der Waals surface area contributed by atoms with Crippen LogP contribution in [-0.4, -0.2) is 23.1 Å². The highest BCUT2D eigenvalue weighted by atomic mass is 35.5. The summed E-state index contributed by atoms with van der Waals surface area (Å²) in [7, 11) is 0. The molecule has 0 radical (unpaired) electrons. The van der Waals surface area contributed by atoms with Crippen LogP contribution in [0.25, 0.3) is 0 Å². The van der Waals surface area contributed by atoms with E-state index in [1.807, 2.05) is 32.9 Å². The molecule has 0 aliphatic carbocycles. The largest absolute Gasteiger partial charge is 0.306 e. The van der Waals surface area contributed by atoms with E-state index in [0.717, 1.165) is 23.2 Å². The first-order chi connectivity index (χ1) is 9.69. The SMILES string of the molecule is CC(=O)c1cc2c(cc1C)C(C)CC(C)(C)N2C(=O)CCl. The zero-order valence-corrected chi connectivity index (χ0v) is 14.0. The van der Waals surface area contributed by atoms with Crippen LogP contribution in [0.3, 0.4) is 0 Å². The second-order valence-corrected chi connectivity index (χ2v) is 6.83. The number of hydrogen-bond acceptors (Lipinski definition) is 2. The van der Waals surface area contributed by atoms with Crippen LogP contribution >= 0.6 is 11.6 Å². The molecule has 0 spiro atoms. The van der Waals surface area contributed by atoms with Gasteiger partial charge in [-0.05, 0) is 57.2 Å². The Morgan fingerprint density at radius 1 is 1.38 bits per heavy atom. The van der Waals surface area contributed by atoms with Crippen molar-refractivity contribution >= 4 is 29.0 Å². The van der Waals surface area contributed by atoms with Gasteiger partial charge in [-0.25, -0.2) is 0 Å². The van der Waals surface area contributed by atoms with Gasteiger partial charge in [-0.1, -0.05) is 13.0 Å². The summed E-state index contributed by atoms with van der Waals surface area (Å²) >= 11 is 5.79. The van der Waals surface area contributed by atoms with E-state index in [-0.39, 0.29) is 23.1 Å². The van der Waals surface area contributed by atoms with Crippen molar-refractivity contribution in [3.8, 4) is 0 Å². The number of rotatable bonds is 2. The topological polar surface area (TPSA) is 37.4 Å². The van der Waals surface area contributed by atoms with Crippen molar-refractivity contribution in [2.45, 2.75) is 52.5 Å². The molecule has 21 heavy (non-hydrogen) atoms. The highest BCUT2D eigenvalue weighted by Gasteiger charge is 2.40. The van der Waals surface area contributed by atoms with Crippen LogP contribution in [0.5, 0.6) is 0 Å². The summed E-state index contributed by atoms with van der Waals surface area (Å²) in [6.45, 7) is 9.75. The maximum absolute atomic E-state index is 12.3. The fourth-order valence-electron chi connectivity index (χ4n) is 3.49. The Morgan fingerprint density at radius 3 is 2.52 bits per heavy atom. The average molecular weight is 308 g/mol. The first-order valence-electron chi connectivity index (χ1n) is 7.23. The van der Waals surface area contributed by atoms with Gasteiger partial charge < -0.3 is 4.90 Å². The Bertz CT molecular complexity index is 607. The fraction of sp³-hybridized carbons (Fsp3) is 0.529. The molecule has 1 atom stereocenters. The van der Waals surface area contributed by atoms with E-state index in [2.05, 4.69) is 6.92 Å². The van der Waals surface area contributed by atoms with Crippen molar-refractivity contribution in [1.82, 2.24) is 0 Å². The van der Waals surface area contributed by atoms with Crippen LogP contribution in [0.4, 0.5) is 5.69 Å². The molecule has 0 N–H and O–H groups in total. The quantitative estimate of drug-likeness (QED) is 0.610. The third-order valence-electron chi connectivity index (χ3n) is 4.30. The lowest BCUT2D eigenvalue weighted by Crippen LogP contribution is -2.52. The summed E-state index contributed by atoms with van der Waals surface area (Å²) in [6, 6.07) is 3.90. The molecule has 1 unspecified atom stereocenters. The monoisotopic (exact) mass is 307 g/mol. The number of nitrogens with zero attached hydrogens (tertiary/aromatic N) is 1.